The first-order valence-electron chi connectivity index (χ1n) is 7.24. The minimum atomic E-state index is -0.853. The largest absolute Gasteiger partial charge is 0.279 e. The minimum absolute atomic E-state index is 0.347. The number of halogens is 1. The van der Waals surface area contributed by atoms with Gasteiger partial charge in [0, 0.05) is 21.2 Å². The molecule has 1 amide bonds. The van der Waals surface area contributed by atoms with Crippen molar-refractivity contribution in [1.29, 1.82) is 0 Å². The molecule has 2 aromatic rings. The summed E-state index contributed by atoms with van der Waals surface area (Å²) in [6.07, 6.45) is 0. The summed E-state index contributed by atoms with van der Waals surface area (Å²) in [5.74, 6) is 5.49. The molecule has 2 aromatic carbocycles. The van der Waals surface area contributed by atoms with Crippen LogP contribution in [0.5, 0.6) is 0 Å². The summed E-state index contributed by atoms with van der Waals surface area (Å²) >= 11 is 5.94. The summed E-state index contributed by atoms with van der Waals surface area (Å²) in [5, 5.41) is 4.08. The van der Waals surface area contributed by atoms with Crippen LogP contribution in [0.15, 0.2) is 53.6 Å². The normalized spacial score (nSPS) is 10.8. The van der Waals surface area contributed by atoms with Crippen LogP contribution in [-0.4, -0.2) is 11.9 Å². The number of anilines is 2. The lowest BCUT2D eigenvalue weighted by atomic mass is 10.1. The number of amides is 1. The Hall–Kier alpha value is -2.93. The second-order valence-corrected chi connectivity index (χ2v) is 5.36. The van der Waals surface area contributed by atoms with Gasteiger partial charge in [0.15, 0.2) is 0 Å². The molecule has 0 bridgehead atoms. The molecule has 120 valence electrons. The van der Waals surface area contributed by atoms with E-state index in [4.69, 9.17) is 17.1 Å². The minimum Gasteiger partial charge on any atom is -0.279 e. The first-order valence-corrected chi connectivity index (χ1v) is 7.61. The molecule has 1 atom stereocenters. The highest BCUT2D eigenvalue weighted by molar-refractivity contribution is 6.30. The van der Waals surface area contributed by atoms with Crippen molar-refractivity contribution in [2.75, 3.05) is 4.90 Å². The maximum Gasteiger partial charge on any atom is 0.240 e. The highest BCUT2D eigenvalue weighted by atomic mass is 35.5. The number of para-hydroxylation sites is 1. The molecule has 0 saturated heterocycles. The molecule has 6 heteroatoms. The van der Waals surface area contributed by atoms with Gasteiger partial charge in [-0.1, -0.05) is 34.8 Å². The van der Waals surface area contributed by atoms with Crippen molar-refractivity contribution in [2.45, 2.75) is 19.9 Å². The second kappa shape index (κ2) is 8.07. The standard InChI is InChI=1S/C18H15ClN4O/c1-3-6-14-7-4-5-8-17(14)23(18(24)13(2)21-22-20)16-11-9-15(19)10-12-16/h4-5,7-13H,1-2H3. The number of azide groups is 1. The van der Waals surface area contributed by atoms with Gasteiger partial charge in [-0.2, -0.15) is 0 Å². The van der Waals surface area contributed by atoms with E-state index in [0.717, 1.165) is 0 Å². The van der Waals surface area contributed by atoms with Crippen molar-refractivity contribution in [3.8, 4) is 11.8 Å². The van der Waals surface area contributed by atoms with E-state index in [1.807, 2.05) is 18.2 Å². The number of benzene rings is 2. The van der Waals surface area contributed by atoms with Crippen LogP contribution in [0, 0.1) is 11.8 Å². The predicted octanol–water partition coefficient (Wildman–Crippen LogP) is 5.07. The second-order valence-electron chi connectivity index (χ2n) is 4.92. The highest BCUT2D eigenvalue weighted by Crippen LogP contribution is 2.30. The Balaban J connectivity index is 2.62. The summed E-state index contributed by atoms with van der Waals surface area (Å²) in [7, 11) is 0. The first-order chi connectivity index (χ1) is 11.6. The Bertz CT molecular complexity index is 845. The Morgan fingerprint density at radius 1 is 1.25 bits per heavy atom. The molecule has 24 heavy (non-hydrogen) atoms. The van der Waals surface area contributed by atoms with Gasteiger partial charge in [0.25, 0.3) is 0 Å². The fraction of sp³-hybridized carbons (Fsp3) is 0.167. The lowest BCUT2D eigenvalue weighted by Crippen LogP contribution is -2.33. The topological polar surface area (TPSA) is 69.1 Å². The van der Waals surface area contributed by atoms with E-state index in [-0.39, 0.29) is 5.91 Å². The first kappa shape index (κ1) is 17.4. The number of carbonyl (C=O) groups is 1. The van der Waals surface area contributed by atoms with Gasteiger partial charge in [-0.15, -0.1) is 5.92 Å². The van der Waals surface area contributed by atoms with Crippen LogP contribution < -0.4 is 4.90 Å². The lowest BCUT2D eigenvalue weighted by molar-refractivity contribution is -0.118. The lowest BCUT2D eigenvalue weighted by Gasteiger charge is -2.26. The van der Waals surface area contributed by atoms with Gasteiger partial charge in [0.1, 0.15) is 6.04 Å². The molecule has 2 rings (SSSR count). The molecule has 0 N–H and O–H groups in total. The molecule has 0 radical (unpaired) electrons. The van der Waals surface area contributed by atoms with E-state index in [0.29, 0.717) is 22.0 Å². The monoisotopic (exact) mass is 338 g/mol. The van der Waals surface area contributed by atoms with E-state index in [1.54, 1.807) is 44.2 Å². The Kier molecular flexibility index (Phi) is 5.86. The molecular weight excluding hydrogens is 324 g/mol. The molecular formula is C18H15ClN4O. The van der Waals surface area contributed by atoms with Crippen molar-refractivity contribution in [3.05, 3.63) is 69.6 Å². The zero-order valence-corrected chi connectivity index (χ0v) is 14.0. The van der Waals surface area contributed by atoms with E-state index in [1.165, 1.54) is 4.90 Å². The molecule has 0 aromatic heterocycles. The number of nitrogens with zero attached hydrogens (tertiary/aromatic N) is 4. The molecule has 0 spiro atoms. The maximum absolute atomic E-state index is 12.9. The molecule has 0 heterocycles. The Morgan fingerprint density at radius 2 is 1.92 bits per heavy atom. The fourth-order valence-electron chi connectivity index (χ4n) is 2.20. The van der Waals surface area contributed by atoms with Gasteiger partial charge in [0.05, 0.1) is 5.69 Å². The highest BCUT2D eigenvalue weighted by Gasteiger charge is 2.24. The summed E-state index contributed by atoms with van der Waals surface area (Å²) in [4.78, 5) is 17.1. The van der Waals surface area contributed by atoms with Gasteiger partial charge in [0.2, 0.25) is 5.91 Å². The summed E-state index contributed by atoms with van der Waals surface area (Å²) < 4.78 is 0. The molecule has 0 aliphatic heterocycles. The van der Waals surface area contributed by atoms with Crippen molar-refractivity contribution in [3.63, 3.8) is 0 Å². The molecule has 0 aliphatic carbocycles. The van der Waals surface area contributed by atoms with Gasteiger partial charge in [-0.3, -0.25) is 9.69 Å². The van der Waals surface area contributed by atoms with Crippen LogP contribution in [0.4, 0.5) is 11.4 Å². The summed E-state index contributed by atoms with van der Waals surface area (Å²) in [5.41, 5.74) is 10.6. The third kappa shape index (κ3) is 3.88. The van der Waals surface area contributed by atoms with Gasteiger partial charge in [-0.25, -0.2) is 0 Å². The molecule has 5 nitrogen and oxygen atoms in total. The van der Waals surface area contributed by atoms with Crippen molar-refractivity contribution in [2.24, 2.45) is 5.11 Å². The third-order valence-electron chi connectivity index (χ3n) is 3.29. The van der Waals surface area contributed by atoms with Crippen LogP contribution >= 0.6 is 11.6 Å². The van der Waals surface area contributed by atoms with E-state index in [9.17, 15) is 4.79 Å². The number of hydrogen-bond acceptors (Lipinski definition) is 2. The van der Waals surface area contributed by atoms with Crippen molar-refractivity contribution < 1.29 is 4.79 Å². The number of rotatable bonds is 4. The van der Waals surface area contributed by atoms with Crippen molar-refractivity contribution in [1.82, 2.24) is 0 Å². The molecule has 0 aliphatic rings. The van der Waals surface area contributed by atoms with Gasteiger partial charge < -0.3 is 0 Å². The average Bonchev–Trinajstić information content (AvgIpc) is 2.58. The quantitative estimate of drug-likeness (QED) is 0.332. The number of hydrogen-bond donors (Lipinski definition) is 0. The Morgan fingerprint density at radius 3 is 2.54 bits per heavy atom. The van der Waals surface area contributed by atoms with Crippen LogP contribution in [0.25, 0.3) is 10.4 Å². The van der Waals surface area contributed by atoms with Crippen LogP contribution in [0.3, 0.4) is 0 Å². The zero-order valence-electron chi connectivity index (χ0n) is 13.3. The van der Waals surface area contributed by atoms with Crippen LogP contribution in [-0.2, 0) is 4.79 Å². The van der Waals surface area contributed by atoms with E-state index >= 15 is 0 Å². The molecule has 0 fully saturated rings. The fourth-order valence-corrected chi connectivity index (χ4v) is 2.32. The SMILES string of the molecule is CC#Cc1ccccc1N(C(=O)C(C)N=[N+]=[N-])c1ccc(Cl)cc1. The summed E-state index contributed by atoms with van der Waals surface area (Å²) in [6, 6.07) is 13.3. The van der Waals surface area contributed by atoms with Crippen molar-refractivity contribution >= 4 is 28.9 Å². The molecule has 1 unspecified atom stereocenters. The number of carbonyl (C=O) groups excluding carboxylic acids is 1. The average molecular weight is 339 g/mol. The van der Waals surface area contributed by atoms with Crippen LogP contribution in [0.1, 0.15) is 19.4 Å². The van der Waals surface area contributed by atoms with Crippen LogP contribution in [0.2, 0.25) is 5.02 Å². The smallest absolute Gasteiger partial charge is 0.240 e. The van der Waals surface area contributed by atoms with Gasteiger partial charge >= 0.3 is 0 Å². The molecule has 0 saturated carbocycles. The van der Waals surface area contributed by atoms with Gasteiger partial charge in [-0.05, 0) is 55.8 Å². The third-order valence-corrected chi connectivity index (χ3v) is 3.54. The maximum atomic E-state index is 12.9. The Labute approximate surface area is 145 Å². The summed E-state index contributed by atoms with van der Waals surface area (Å²) in [6.45, 7) is 3.28. The van der Waals surface area contributed by atoms with E-state index < -0.39 is 6.04 Å². The predicted molar refractivity (Wildman–Crippen MR) is 96.2 cm³/mol. The van der Waals surface area contributed by atoms with E-state index in [2.05, 4.69) is 21.9 Å². The zero-order chi connectivity index (χ0) is 17.5.